The molecule has 0 amide bonds. The highest BCUT2D eigenvalue weighted by molar-refractivity contribution is 5.83. The maximum atomic E-state index is 12.0. The lowest BCUT2D eigenvalue weighted by Gasteiger charge is -2.03. The molecule has 3 heterocycles. The molecule has 0 saturated heterocycles. The van der Waals surface area contributed by atoms with E-state index in [1.807, 2.05) is 32.9 Å². The number of allylic oxidation sites excluding steroid dienone is 1. The Bertz CT molecular complexity index is 961. The molecule has 0 radical (unpaired) electrons. The average Bonchev–Trinajstić information content (AvgIpc) is 2.86. The Hall–Kier alpha value is -2.89. The summed E-state index contributed by atoms with van der Waals surface area (Å²) in [7, 11) is 0. The van der Waals surface area contributed by atoms with Gasteiger partial charge < -0.3 is 15.3 Å². The maximum absolute atomic E-state index is 12.0. The fraction of sp³-hybridized carbons (Fsp3) is 0.235. The van der Waals surface area contributed by atoms with Crippen molar-refractivity contribution in [3.63, 3.8) is 0 Å². The number of nitrogens with two attached hydrogens (primary N) is 1. The zero-order valence-corrected chi connectivity index (χ0v) is 13.4. The molecule has 6 nitrogen and oxygen atoms in total. The van der Waals surface area contributed by atoms with Crippen LogP contribution in [-0.4, -0.2) is 19.5 Å². The summed E-state index contributed by atoms with van der Waals surface area (Å²) in [6.45, 7) is 6.34. The van der Waals surface area contributed by atoms with Gasteiger partial charge in [-0.2, -0.15) is 0 Å². The van der Waals surface area contributed by atoms with E-state index in [0.29, 0.717) is 12.4 Å². The van der Waals surface area contributed by atoms with Crippen LogP contribution in [0.2, 0.25) is 0 Å². The largest absolute Gasteiger partial charge is 0.394 e. The van der Waals surface area contributed by atoms with Gasteiger partial charge in [0.05, 0.1) is 23.4 Å². The van der Waals surface area contributed by atoms with E-state index in [0.717, 1.165) is 28.0 Å². The Morgan fingerprint density at radius 3 is 2.91 bits per heavy atom. The summed E-state index contributed by atoms with van der Waals surface area (Å²) in [5.74, 6) is 0.698. The number of nitrogen functional groups attached to an aromatic ring is 1. The second kappa shape index (κ2) is 5.72. The molecule has 6 heteroatoms. The lowest BCUT2D eigenvalue weighted by Crippen LogP contribution is -2.22. The molecule has 3 aromatic heterocycles. The molecule has 0 fully saturated rings. The van der Waals surface area contributed by atoms with Crippen LogP contribution in [0.15, 0.2) is 34.8 Å². The zero-order valence-electron chi connectivity index (χ0n) is 13.4. The van der Waals surface area contributed by atoms with Gasteiger partial charge >= 0.3 is 0 Å². The van der Waals surface area contributed by atoms with Crippen LogP contribution in [0.3, 0.4) is 0 Å². The molecular weight excluding hydrogens is 290 g/mol. The molecule has 0 atom stereocenters. The number of H-pyrrole nitrogens is 1. The third kappa shape index (κ3) is 3.01. The molecule has 0 aromatic carbocycles. The van der Waals surface area contributed by atoms with Crippen LogP contribution in [0.5, 0.6) is 0 Å². The molecule has 0 aliphatic carbocycles. The maximum Gasteiger partial charge on any atom is 0.274 e. The minimum atomic E-state index is -0.216. The molecule has 0 spiro atoms. The number of hydrogen-bond acceptors (Lipinski definition) is 4. The van der Waals surface area contributed by atoms with Crippen molar-refractivity contribution in [3.8, 4) is 0 Å². The van der Waals surface area contributed by atoms with Crippen LogP contribution < -0.4 is 11.3 Å². The number of anilines is 1. The van der Waals surface area contributed by atoms with Gasteiger partial charge in [0.1, 0.15) is 11.3 Å². The van der Waals surface area contributed by atoms with Gasteiger partial charge in [-0.1, -0.05) is 5.57 Å². The Labute approximate surface area is 133 Å². The van der Waals surface area contributed by atoms with Crippen molar-refractivity contribution in [2.24, 2.45) is 0 Å². The second-order valence-corrected chi connectivity index (χ2v) is 5.85. The molecule has 0 bridgehead atoms. The fourth-order valence-electron chi connectivity index (χ4n) is 2.51. The van der Waals surface area contributed by atoms with Crippen molar-refractivity contribution in [1.29, 1.82) is 0 Å². The van der Waals surface area contributed by atoms with Gasteiger partial charge in [0.15, 0.2) is 0 Å². The minimum Gasteiger partial charge on any atom is -0.394 e. The van der Waals surface area contributed by atoms with Crippen LogP contribution >= 0.6 is 0 Å². The van der Waals surface area contributed by atoms with E-state index in [2.05, 4.69) is 15.0 Å². The number of pyridine rings is 2. The predicted octanol–water partition coefficient (Wildman–Crippen LogP) is 2.48. The van der Waals surface area contributed by atoms with Crippen molar-refractivity contribution in [2.45, 2.75) is 27.3 Å². The van der Waals surface area contributed by atoms with E-state index in [-0.39, 0.29) is 11.2 Å². The van der Waals surface area contributed by atoms with E-state index in [1.54, 1.807) is 18.3 Å². The highest BCUT2D eigenvalue weighted by Crippen LogP contribution is 2.19. The third-order valence-corrected chi connectivity index (χ3v) is 3.47. The predicted molar refractivity (Wildman–Crippen MR) is 92.2 cm³/mol. The molecule has 0 aliphatic rings. The first-order valence-electron chi connectivity index (χ1n) is 7.40. The quantitative estimate of drug-likeness (QED) is 0.778. The van der Waals surface area contributed by atoms with Gasteiger partial charge in [0.2, 0.25) is 0 Å². The molecular formula is C17H19N5O. The third-order valence-electron chi connectivity index (χ3n) is 3.47. The van der Waals surface area contributed by atoms with E-state index in [9.17, 15) is 4.79 Å². The number of imidazole rings is 1. The summed E-state index contributed by atoms with van der Waals surface area (Å²) in [4.78, 5) is 24.4. The minimum absolute atomic E-state index is 0.216. The fourth-order valence-corrected chi connectivity index (χ4v) is 2.51. The zero-order chi connectivity index (χ0) is 16.6. The van der Waals surface area contributed by atoms with Crippen molar-refractivity contribution >= 4 is 22.8 Å². The first kappa shape index (κ1) is 15.0. The van der Waals surface area contributed by atoms with Gasteiger partial charge in [-0.25, -0.2) is 4.98 Å². The van der Waals surface area contributed by atoms with E-state index < -0.39 is 0 Å². The van der Waals surface area contributed by atoms with Crippen LogP contribution in [0.1, 0.15) is 31.1 Å². The van der Waals surface area contributed by atoms with Crippen LogP contribution in [-0.2, 0) is 6.54 Å². The van der Waals surface area contributed by atoms with Crippen LogP contribution in [0.4, 0.5) is 5.69 Å². The van der Waals surface area contributed by atoms with Gasteiger partial charge in [0.25, 0.3) is 5.56 Å². The summed E-state index contributed by atoms with van der Waals surface area (Å²) in [6, 6.07) is 5.30. The highest BCUT2D eigenvalue weighted by Gasteiger charge is 2.10. The molecule has 23 heavy (non-hydrogen) atoms. The first-order chi connectivity index (χ1) is 10.9. The molecule has 3 rings (SSSR count). The molecule has 0 unspecified atom stereocenters. The number of nitrogens with zero attached hydrogens (tertiary/aromatic N) is 3. The summed E-state index contributed by atoms with van der Waals surface area (Å²) in [6.07, 6.45) is 3.71. The second-order valence-electron chi connectivity index (χ2n) is 5.85. The normalized spacial score (nSPS) is 10.9. The summed E-state index contributed by atoms with van der Waals surface area (Å²) in [5.41, 5.74) is 10.3. The van der Waals surface area contributed by atoms with E-state index >= 15 is 0 Å². The Kier molecular flexibility index (Phi) is 3.73. The highest BCUT2D eigenvalue weighted by atomic mass is 16.1. The molecule has 118 valence electrons. The van der Waals surface area contributed by atoms with Crippen molar-refractivity contribution in [3.05, 3.63) is 57.5 Å². The average molecular weight is 309 g/mol. The molecule has 0 saturated carbocycles. The van der Waals surface area contributed by atoms with Crippen LogP contribution in [0.25, 0.3) is 17.1 Å². The van der Waals surface area contributed by atoms with E-state index in [1.165, 1.54) is 4.57 Å². The van der Waals surface area contributed by atoms with Gasteiger partial charge in [0, 0.05) is 11.9 Å². The Balaban J connectivity index is 2.08. The number of fused-ring (bicyclic) bond motifs is 1. The van der Waals surface area contributed by atoms with Gasteiger partial charge in [-0.05, 0) is 45.0 Å². The van der Waals surface area contributed by atoms with Gasteiger partial charge in [-0.15, -0.1) is 0 Å². The monoisotopic (exact) mass is 309 g/mol. The number of aromatic amines is 1. The standard InChI is InChI=1S/C17H19N5O/c1-10(2)7-13-16-14(8-11(3)19-13)20-15(21-16)9-22-6-4-5-12(18)17(22)23/h4-8H,9,18H2,1-3H3,(H,20,21). The Morgan fingerprint density at radius 2 is 2.17 bits per heavy atom. The summed E-state index contributed by atoms with van der Waals surface area (Å²) < 4.78 is 1.54. The number of aryl methyl sites for hydroxylation is 1. The number of nitrogens with one attached hydrogen (secondary N) is 1. The molecule has 3 N–H and O–H groups in total. The smallest absolute Gasteiger partial charge is 0.274 e. The number of rotatable bonds is 3. The molecule has 0 aliphatic heterocycles. The lowest BCUT2D eigenvalue weighted by atomic mass is 10.2. The lowest BCUT2D eigenvalue weighted by molar-refractivity contribution is 0.729. The topological polar surface area (TPSA) is 89.6 Å². The summed E-state index contributed by atoms with van der Waals surface area (Å²) >= 11 is 0. The number of hydrogen-bond donors (Lipinski definition) is 2. The van der Waals surface area contributed by atoms with Crippen molar-refractivity contribution in [1.82, 2.24) is 19.5 Å². The Morgan fingerprint density at radius 1 is 1.39 bits per heavy atom. The van der Waals surface area contributed by atoms with Crippen molar-refractivity contribution < 1.29 is 0 Å². The van der Waals surface area contributed by atoms with E-state index in [4.69, 9.17) is 5.73 Å². The summed E-state index contributed by atoms with van der Waals surface area (Å²) in [5, 5.41) is 0. The molecule has 3 aromatic rings. The first-order valence-corrected chi connectivity index (χ1v) is 7.40. The SMILES string of the molecule is CC(C)=Cc1nc(C)cc2[nH]c(Cn3cccc(N)c3=O)nc12. The number of aromatic nitrogens is 4. The van der Waals surface area contributed by atoms with Crippen molar-refractivity contribution in [2.75, 3.05) is 5.73 Å². The van der Waals surface area contributed by atoms with Crippen LogP contribution in [0, 0.1) is 6.92 Å². The van der Waals surface area contributed by atoms with Gasteiger partial charge in [-0.3, -0.25) is 9.78 Å².